The molecule has 114 valence electrons. The number of unbranched alkanes of at least 4 members (excludes halogenated alkanes) is 1. The quantitative estimate of drug-likeness (QED) is 0.781. The number of nitrogens with zero attached hydrogens (tertiary/aromatic N) is 1. The van der Waals surface area contributed by atoms with Crippen LogP contribution in [0.5, 0.6) is 0 Å². The lowest BCUT2D eigenvalue weighted by Crippen LogP contribution is -2.43. The van der Waals surface area contributed by atoms with Gasteiger partial charge in [-0.15, -0.1) is 12.4 Å². The van der Waals surface area contributed by atoms with Crippen LogP contribution in [0.25, 0.3) is 0 Å². The molecule has 1 heterocycles. The fraction of sp³-hybridized carbons (Fsp3) is 0.933. The van der Waals surface area contributed by atoms with Crippen molar-refractivity contribution in [3.8, 4) is 0 Å². The van der Waals surface area contributed by atoms with E-state index in [0.717, 1.165) is 51.2 Å². The first-order chi connectivity index (χ1) is 8.72. The second kappa shape index (κ2) is 10.5. The number of rotatable bonds is 7. The van der Waals surface area contributed by atoms with Gasteiger partial charge in [0.25, 0.3) is 0 Å². The van der Waals surface area contributed by atoms with Crippen LogP contribution in [0.4, 0.5) is 0 Å². The Morgan fingerprint density at radius 3 is 2.42 bits per heavy atom. The zero-order valence-corrected chi connectivity index (χ0v) is 13.6. The Labute approximate surface area is 124 Å². The van der Waals surface area contributed by atoms with Crippen molar-refractivity contribution in [2.24, 2.45) is 11.8 Å². The summed E-state index contributed by atoms with van der Waals surface area (Å²) in [5, 5.41) is 3.24. The van der Waals surface area contributed by atoms with E-state index in [0.29, 0.717) is 5.91 Å². The van der Waals surface area contributed by atoms with Gasteiger partial charge in [-0.05, 0) is 45.2 Å². The molecule has 3 nitrogen and oxygen atoms in total. The molecule has 1 aliphatic rings. The van der Waals surface area contributed by atoms with Gasteiger partial charge in [-0.2, -0.15) is 0 Å². The fourth-order valence-corrected chi connectivity index (χ4v) is 2.86. The SMILES string of the molecule is CCCCC(CC)C(=O)N1CCC(CNC)CC1.Cl. The lowest BCUT2D eigenvalue weighted by molar-refractivity contribution is -0.137. The third-order valence-corrected chi connectivity index (χ3v) is 4.17. The number of carbonyl (C=O) groups is 1. The first-order valence-electron chi connectivity index (χ1n) is 7.66. The Morgan fingerprint density at radius 1 is 1.32 bits per heavy atom. The van der Waals surface area contributed by atoms with Gasteiger partial charge in [-0.3, -0.25) is 4.79 Å². The van der Waals surface area contributed by atoms with Crippen LogP contribution in [0.3, 0.4) is 0 Å². The number of hydrogen-bond acceptors (Lipinski definition) is 2. The lowest BCUT2D eigenvalue weighted by Gasteiger charge is -2.34. The van der Waals surface area contributed by atoms with Crippen molar-refractivity contribution in [3.63, 3.8) is 0 Å². The molecule has 0 aliphatic carbocycles. The summed E-state index contributed by atoms with van der Waals surface area (Å²) in [6, 6.07) is 0. The number of hydrogen-bond donors (Lipinski definition) is 1. The van der Waals surface area contributed by atoms with Gasteiger partial charge >= 0.3 is 0 Å². The van der Waals surface area contributed by atoms with Crippen LogP contribution in [-0.2, 0) is 4.79 Å². The number of likely N-dealkylation sites (tertiary alicyclic amines) is 1. The summed E-state index contributed by atoms with van der Waals surface area (Å²) in [6.45, 7) is 7.36. The summed E-state index contributed by atoms with van der Waals surface area (Å²) in [7, 11) is 2.01. The van der Waals surface area contributed by atoms with Gasteiger partial charge < -0.3 is 10.2 Å². The minimum atomic E-state index is 0. The molecular formula is C15H31ClN2O. The maximum Gasteiger partial charge on any atom is 0.225 e. The zero-order chi connectivity index (χ0) is 13.4. The van der Waals surface area contributed by atoms with Crippen LogP contribution in [-0.4, -0.2) is 37.5 Å². The highest BCUT2D eigenvalue weighted by molar-refractivity contribution is 5.85. The van der Waals surface area contributed by atoms with Crippen LogP contribution in [0.1, 0.15) is 52.4 Å². The number of nitrogens with one attached hydrogen (secondary N) is 1. The summed E-state index contributed by atoms with van der Waals surface area (Å²) >= 11 is 0. The largest absolute Gasteiger partial charge is 0.342 e. The molecule has 4 heteroatoms. The lowest BCUT2D eigenvalue weighted by atomic mass is 9.93. The molecule has 0 bridgehead atoms. The molecule has 0 aromatic heterocycles. The first kappa shape index (κ1) is 18.7. The normalized spacial score (nSPS) is 17.9. The molecule has 0 aromatic carbocycles. The zero-order valence-electron chi connectivity index (χ0n) is 12.8. The smallest absolute Gasteiger partial charge is 0.225 e. The van der Waals surface area contributed by atoms with Crippen LogP contribution in [0, 0.1) is 11.8 Å². The van der Waals surface area contributed by atoms with Crippen LogP contribution < -0.4 is 5.32 Å². The molecule has 1 fully saturated rings. The number of carbonyl (C=O) groups excluding carboxylic acids is 1. The summed E-state index contributed by atoms with van der Waals surface area (Å²) in [5.74, 6) is 1.44. The van der Waals surface area contributed by atoms with E-state index in [9.17, 15) is 4.79 Å². The van der Waals surface area contributed by atoms with Crippen molar-refractivity contribution < 1.29 is 4.79 Å². The van der Waals surface area contributed by atoms with Crippen molar-refractivity contribution in [1.82, 2.24) is 10.2 Å². The van der Waals surface area contributed by atoms with Gasteiger partial charge in [0.05, 0.1) is 0 Å². The van der Waals surface area contributed by atoms with Crippen LogP contribution in [0.2, 0.25) is 0 Å². The van der Waals surface area contributed by atoms with E-state index in [4.69, 9.17) is 0 Å². The third-order valence-electron chi connectivity index (χ3n) is 4.17. The second-order valence-corrected chi connectivity index (χ2v) is 5.57. The Kier molecular flexibility index (Phi) is 10.3. The van der Waals surface area contributed by atoms with Gasteiger partial charge in [0.15, 0.2) is 0 Å². The van der Waals surface area contributed by atoms with Crippen molar-refractivity contribution in [3.05, 3.63) is 0 Å². The van der Waals surface area contributed by atoms with E-state index in [1.54, 1.807) is 0 Å². The monoisotopic (exact) mass is 290 g/mol. The number of piperidine rings is 1. The minimum Gasteiger partial charge on any atom is -0.342 e. The molecule has 1 unspecified atom stereocenters. The van der Waals surface area contributed by atoms with E-state index >= 15 is 0 Å². The van der Waals surface area contributed by atoms with Crippen molar-refractivity contribution >= 4 is 18.3 Å². The van der Waals surface area contributed by atoms with Gasteiger partial charge in [0.2, 0.25) is 5.91 Å². The summed E-state index contributed by atoms with van der Waals surface area (Å²) in [6.07, 6.45) is 6.76. The average molecular weight is 291 g/mol. The van der Waals surface area contributed by atoms with Gasteiger partial charge in [0.1, 0.15) is 0 Å². The van der Waals surface area contributed by atoms with Crippen LogP contribution in [0.15, 0.2) is 0 Å². The molecule has 1 aliphatic heterocycles. The molecule has 1 amide bonds. The molecule has 0 spiro atoms. The standard InChI is InChI=1S/C15H30N2O.ClH/c1-4-6-7-14(5-2)15(18)17-10-8-13(9-11-17)12-16-3;/h13-14,16H,4-12H2,1-3H3;1H. The molecular weight excluding hydrogens is 260 g/mol. The summed E-state index contributed by atoms with van der Waals surface area (Å²) in [4.78, 5) is 14.5. The minimum absolute atomic E-state index is 0. The van der Waals surface area contributed by atoms with Crippen LogP contribution >= 0.6 is 12.4 Å². The summed E-state index contributed by atoms with van der Waals surface area (Å²) < 4.78 is 0. The maximum absolute atomic E-state index is 12.4. The van der Waals surface area contributed by atoms with Gasteiger partial charge in [-0.1, -0.05) is 26.7 Å². The fourth-order valence-electron chi connectivity index (χ4n) is 2.86. The van der Waals surface area contributed by atoms with Crippen molar-refractivity contribution in [2.45, 2.75) is 52.4 Å². The Balaban J connectivity index is 0.00000324. The second-order valence-electron chi connectivity index (χ2n) is 5.57. The molecule has 19 heavy (non-hydrogen) atoms. The molecule has 1 atom stereocenters. The highest BCUT2D eigenvalue weighted by Crippen LogP contribution is 2.21. The van der Waals surface area contributed by atoms with E-state index in [1.165, 1.54) is 12.8 Å². The summed E-state index contributed by atoms with van der Waals surface area (Å²) in [5.41, 5.74) is 0. The maximum atomic E-state index is 12.4. The number of halogens is 1. The molecule has 1 N–H and O–H groups in total. The van der Waals surface area contributed by atoms with E-state index < -0.39 is 0 Å². The number of amides is 1. The van der Waals surface area contributed by atoms with Gasteiger partial charge in [-0.25, -0.2) is 0 Å². The topological polar surface area (TPSA) is 32.3 Å². The third kappa shape index (κ3) is 6.13. The Morgan fingerprint density at radius 2 is 1.95 bits per heavy atom. The Bertz CT molecular complexity index is 240. The molecule has 1 saturated heterocycles. The molecule has 0 aromatic rings. The molecule has 1 rings (SSSR count). The first-order valence-corrected chi connectivity index (χ1v) is 7.66. The highest BCUT2D eigenvalue weighted by atomic mass is 35.5. The van der Waals surface area contributed by atoms with E-state index in [1.807, 2.05) is 7.05 Å². The van der Waals surface area contributed by atoms with Crippen molar-refractivity contribution in [2.75, 3.05) is 26.7 Å². The van der Waals surface area contributed by atoms with E-state index in [2.05, 4.69) is 24.1 Å². The predicted octanol–water partition coefficient (Wildman–Crippen LogP) is 3.08. The van der Waals surface area contributed by atoms with Crippen molar-refractivity contribution in [1.29, 1.82) is 0 Å². The average Bonchev–Trinajstić information content (AvgIpc) is 2.40. The molecule has 0 radical (unpaired) electrons. The Hall–Kier alpha value is -0.280. The predicted molar refractivity (Wildman–Crippen MR) is 83.8 cm³/mol. The van der Waals surface area contributed by atoms with E-state index in [-0.39, 0.29) is 18.3 Å². The van der Waals surface area contributed by atoms with Gasteiger partial charge in [0, 0.05) is 19.0 Å². The highest BCUT2D eigenvalue weighted by Gasteiger charge is 2.26. The molecule has 0 saturated carbocycles.